The Kier molecular flexibility index (Phi) is 2.99. The molecular formula is C12H14N2O3. The van der Waals surface area contributed by atoms with Crippen molar-refractivity contribution in [2.75, 3.05) is 12.3 Å². The van der Waals surface area contributed by atoms with E-state index in [0.29, 0.717) is 29.3 Å². The van der Waals surface area contributed by atoms with Crippen LogP contribution in [0, 0.1) is 0 Å². The largest absolute Gasteiger partial charge is 0.465 e. The van der Waals surface area contributed by atoms with E-state index in [2.05, 4.69) is 4.98 Å². The van der Waals surface area contributed by atoms with Crippen molar-refractivity contribution >= 4 is 22.8 Å². The molecule has 0 bridgehead atoms. The molecule has 5 nitrogen and oxygen atoms in total. The molecule has 2 rings (SSSR count). The van der Waals surface area contributed by atoms with Crippen molar-refractivity contribution in [2.45, 2.75) is 19.8 Å². The Morgan fingerprint density at radius 1 is 1.59 bits per heavy atom. The molecule has 0 saturated carbocycles. The van der Waals surface area contributed by atoms with Gasteiger partial charge in [-0.1, -0.05) is 6.07 Å². The van der Waals surface area contributed by atoms with Crippen LogP contribution >= 0.6 is 0 Å². The van der Waals surface area contributed by atoms with Crippen LogP contribution in [0.15, 0.2) is 22.6 Å². The second kappa shape index (κ2) is 4.45. The van der Waals surface area contributed by atoms with Gasteiger partial charge in [0.15, 0.2) is 5.58 Å². The van der Waals surface area contributed by atoms with Crippen molar-refractivity contribution in [3.63, 3.8) is 0 Å². The number of carbonyl (C=O) groups excluding carboxylic acids is 1. The van der Waals surface area contributed by atoms with Crippen molar-refractivity contribution in [1.82, 2.24) is 4.98 Å². The lowest BCUT2D eigenvalue weighted by molar-refractivity contribution is -0.144. The zero-order valence-corrected chi connectivity index (χ0v) is 9.77. The maximum absolute atomic E-state index is 11.6. The molecule has 0 aliphatic rings. The van der Waals surface area contributed by atoms with E-state index in [1.807, 2.05) is 0 Å². The van der Waals surface area contributed by atoms with Gasteiger partial charge in [0, 0.05) is 0 Å². The minimum atomic E-state index is -0.526. The van der Waals surface area contributed by atoms with Gasteiger partial charge >= 0.3 is 5.97 Å². The van der Waals surface area contributed by atoms with Crippen molar-refractivity contribution in [1.29, 1.82) is 0 Å². The Morgan fingerprint density at radius 3 is 3.00 bits per heavy atom. The molecule has 0 unspecified atom stereocenters. The number of nitrogens with two attached hydrogens (primary N) is 1. The quantitative estimate of drug-likeness (QED) is 0.649. The number of ether oxygens (including phenoxy) is 1. The van der Waals surface area contributed by atoms with E-state index in [1.54, 1.807) is 32.0 Å². The van der Waals surface area contributed by atoms with Crippen molar-refractivity contribution in [3.05, 3.63) is 24.1 Å². The number of rotatable bonds is 3. The highest BCUT2D eigenvalue weighted by Crippen LogP contribution is 2.25. The van der Waals surface area contributed by atoms with Gasteiger partial charge in [-0.15, -0.1) is 0 Å². The van der Waals surface area contributed by atoms with Gasteiger partial charge in [-0.05, 0) is 26.0 Å². The third-order valence-electron chi connectivity index (χ3n) is 2.48. The number of hydrogen-bond donors (Lipinski definition) is 1. The third-order valence-corrected chi connectivity index (χ3v) is 2.48. The summed E-state index contributed by atoms with van der Waals surface area (Å²) in [6, 6.07) is 5.28. The molecule has 1 aromatic carbocycles. The number of esters is 1. The first-order chi connectivity index (χ1) is 8.13. The summed E-state index contributed by atoms with van der Waals surface area (Å²) in [5.74, 6) is -0.546. The number of anilines is 1. The number of para-hydroxylation sites is 1. The van der Waals surface area contributed by atoms with Crippen LogP contribution in [0.1, 0.15) is 25.7 Å². The van der Waals surface area contributed by atoms with Crippen LogP contribution < -0.4 is 5.73 Å². The SMILES string of the molecule is CCOC(=O)[C@@H](C)c1nc2c(N)cccc2o1. The van der Waals surface area contributed by atoms with Crippen LogP contribution in [0.5, 0.6) is 0 Å². The molecular weight excluding hydrogens is 220 g/mol. The molecule has 2 aromatic rings. The van der Waals surface area contributed by atoms with Crippen LogP contribution in [-0.2, 0) is 9.53 Å². The fraction of sp³-hybridized carbons (Fsp3) is 0.333. The molecule has 1 atom stereocenters. The molecule has 0 amide bonds. The molecule has 2 N–H and O–H groups in total. The van der Waals surface area contributed by atoms with Gasteiger partial charge < -0.3 is 14.9 Å². The Labute approximate surface area is 98.6 Å². The molecule has 90 valence electrons. The fourth-order valence-electron chi connectivity index (χ4n) is 1.54. The van der Waals surface area contributed by atoms with Crippen LogP contribution in [0.4, 0.5) is 5.69 Å². The monoisotopic (exact) mass is 234 g/mol. The van der Waals surface area contributed by atoms with Gasteiger partial charge in [-0.3, -0.25) is 4.79 Å². The van der Waals surface area contributed by atoms with Gasteiger partial charge in [-0.25, -0.2) is 4.98 Å². The van der Waals surface area contributed by atoms with Crippen LogP contribution in [0.25, 0.3) is 11.1 Å². The lowest BCUT2D eigenvalue weighted by atomic mass is 10.2. The van der Waals surface area contributed by atoms with Gasteiger partial charge in [0.2, 0.25) is 5.89 Å². The minimum Gasteiger partial charge on any atom is -0.465 e. The highest BCUT2D eigenvalue weighted by Gasteiger charge is 2.22. The molecule has 0 spiro atoms. The maximum atomic E-state index is 11.6. The fourth-order valence-corrected chi connectivity index (χ4v) is 1.54. The summed E-state index contributed by atoms with van der Waals surface area (Å²) in [7, 11) is 0. The van der Waals surface area contributed by atoms with E-state index in [0.717, 1.165) is 0 Å². The lowest BCUT2D eigenvalue weighted by Gasteiger charge is -2.05. The molecule has 0 fully saturated rings. The van der Waals surface area contributed by atoms with E-state index < -0.39 is 5.92 Å². The Balaban J connectivity index is 2.36. The molecule has 0 aliphatic heterocycles. The Bertz CT molecular complexity index is 548. The standard InChI is InChI=1S/C12H14N2O3/c1-3-16-12(15)7(2)11-14-10-8(13)5-4-6-9(10)17-11/h4-7H,3,13H2,1-2H3/t7-/m0/s1. The topological polar surface area (TPSA) is 78.3 Å². The lowest BCUT2D eigenvalue weighted by Crippen LogP contribution is -2.13. The summed E-state index contributed by atoms with van der Waals surface area (Å²) in [6.45, 7) is 3.79. The highest BCUT2D eigenvalue weighted by atomic mass is 16.5. The number of fused-ring (bicyclic) bond motifs is 1. The number of carbonyl (C=O) groups is 1. The van der Waals surface area contributed by atoms with Gasteiger partial charge in [0.25, 0.3) is 0 Å². The molecule has 0 saturated heterocycles. The molecule has 0 radical (unpaired) electrons. The number of nitrogen functional groups attached to an aromatic ring is 1. The molecule has 1 heterocycles. The summed E-state index contributed by atoms with van der Waals surface area (Å²) < 4.78 is 10.4. The van der Waals surface area contributed by atoms with E-state index in [9.17, 15) is 4.79 Å². The first-order valence-corrected chi connectivity index (χ1v) is 5.45. The van der Waals surface area contributed by atoms with E-state index in [4.69, 9.17) is 14.9 Å². The van der Waals surface area contributed by atoms with Gasteiger partial charge in [0.05, 0.1) is 12.3 Å². The smallest absolute Gasteiger partial charge is 0.318 e. The molecule has 17 heavy (non-hydrogen) atoms. The zero-order valence-electron chi connectivity index (χ0n) is 9.77. The van der Waals surface area contributed by atoms with Crippen LogP contribution in [0.2, 0.25) is 0 Å². The number of benzene rings is 1. The molecule has 0 aliphatic carbocycles. The Morgan fingerprint density at radius 2 is 2.35 bits per heavy atom. The summed E-state index contributed by atoms with van der Waals surface area (Å²) in [5, 5.41) is 0. The highest BCUT2D eigenvalue weighted by molar-refractivity contribution is 5.86. The number of hydrogen-bond acceptors (Lipinski definition) is 5. The maximum Gasteiger partial charge on any atom is 0.318 e. The predicted octanol–water partition coefficient (Wildman–Crippen LogP) is 2.08. The summed E-state index contributed by atoms with van der Waals surface area (Å²) in [6.07, 6.45) is 0. The van der Waals surface area contributed by atoms with Crippen LogP contribution in [-0.4, -0.2) is 17.6 Å². The van der Waals surface area contributed by atoms with Crippen molar-refractivity contribution < 1.29 is 13.9 Å². The zero-order chi connectivity index (χ0) is 12.4. The first-order valence-electron chi connectivity index (χ1n) is 5.45. The van der Waals surface area contributed by atoms with E-state index in [1.165, 1.54) is 0 Å². The summed E-state index contributed by atoms with van der Waals surface area (Å²) in [4.78, 5) is 15.8. The predicted molar refractivity (Wildman–Crippen MR) is 63.5 cm³/mol. The van der Waals surface area contributed by atoms with E-state index >= 15 is 0 Å². The molecule has 1 aromatic heterocycles. The average Bonchev–Trinajstić information content (AvgIpc) is 2.73. The normalized spacial score (nSPS) is 12.6. The number of oxazole rings is 1. The number of nitrogens with zero attached hydrogens (tertiary/aromatic N) is 1. The average molecular weight is 234 g/mol. The van der Waals surface area contributed by atoms with Gasteiger partial charge in [0.1, 0.15) is 11.4 Å². The third kappa shape index (κ3) is 2.08. The second-order valence-corrected chi connectivity index (χ2v) is 3.72. The van der Waals surface area contributed by atoms with Crippen LogP contribution in [0.3, 0.4) is 0 Å². The molecule has 5 heteroatoms. The first kappa shape index (κ1) is 11.4. The summed E-state index contributed by atoms with van der Waals surface area (Å²) in [5.41, 5.74) is 7.46. The Hall–Kier alpha value is -2.04. The van der Waals surface area contributed by atoms with Crippen molar-refractivity contribution in [2.24, 2.45) is 0 Å². The number of aromatic nitrogens is 1. The second-order valence-electron chi connectivity index (χ2n) is 3.72. The minimum absolute atomic E-state index is 0.330. The van der Waals surface area contributed by atoms with Gasteiger partial charge in [-0.2, -0.15) is 0 Å². The van der Waals surface area contributed by atoms with E-state index in [-0.39, 0.29) is 5.97 Å². The van der Waals surface area contributed by atoms with Crippen molar-refractivity contribution in [3.8, 4) is 0 Å². The summed E-state index contributed by atoms with van der Waals surface area (Å²) >= 11 is 0.